The maximum absolute atomic E-state index is 14.5. The van der Waals surface area contributed by atoms with Gasteiger partial charge in [-0.1, -0.05) is 25.6 Å². The molecule has 7 nitrogen and oxygen atoms in total. The van der Waals surface area contributed by atoms with E-state index in [4.69, 9.17) is 16.4 Å². The van der Waals surface area contributed by atoms with Crippen LogP contribution in [0.4, 0.5) is 17.6 Å². The van der Waals surface area contributed by atoms with Crippen molar-refractivity contribution in [3.8, 4) is 5.69 Å². The van der Waals surface area contributed by atoms with Crippen LogP contribution in [0.1, 0.15) is 18.2 Å². The first-order valence-corrected chi connectivity index (χ1v) is 8.97. The largest absolute Gasteiger partial charge is 0.466 e. The van der Waals surface area contributed by atoms with Crippen LogP contribution in [-0.2, 0) is 27.6 Å². The van der Waals surface area contributed by atoms with Crippen molar-refractivity contribution in [3.63, 3.8) is 0 Å². The van der Waals surface area contributed by atoms with Crippen molar-refractivity contribution in [2.75, 3.05) is 7.11 Å². The van der Waals surface area contributed by atoms with E-state index in [-0.39, 0.29) is 21.3 Å². The highest BCUT2D eigenvalue weighted by Gasteiger charge is 2.34. The van der Waals surface area contributed by atoms with Gasteiger partial charge in [-0.25, -0.2) is 14.0 Å². The molecule has 162 valence electrons. The zero-order chi connectivity index (χ0) is 22.8. The number of methoxy groups -OCH3 is 1. The Morgan fingerprint density at radius 1 is 1.33 bits per heavy atom. The summed E-state index contributed by atoms with van der Waals surface area (Å²) in [6, 6.07) is 2.59. The van der Waals surface area contributed by atoms with Crippen molar-refractivity contribution in [2.24, 2.45) is 12.2 Å². The van der Waals surface area contributed by atoms with Gasteiger partial charge in [-0.3, -0.25) is 9.13 Å². The lowest BCUT2D eigenvalue weighted by Crippen LogP contribution is -2.33. The second-order valence-electron chi connectivity index (χ2n) is 5.92. The smallest absolute Gasteiger partial charge is 0.431 e. The van der Waals surface area contributed by atoms with E-state index in [1.54, 1.807) is 0 Å². The molecule has 0 radical (unpaired) electrons. The summed E-state index contributed by atoms with van der Waals surface area (Å²) in [5, 5.41) is 3.10. The highest BCUT2D eigenvalue weighted by atomic mass is 35.5. The number of carbonyl (C=O) groups excluding carboxylic acids is 1. The van der Waals surface area contributed by atoms with Crippen LogP contribution in [0.25, 0.3) is 5.69 Å². The molecule has 0 aliphatic heterocycles. The van der Waals surface area contributed by atoms with Crippen LogP contribution in [0.2, 0.25) is 5.02 Å². The Labute approximate surface area is 174 Å². The maximum atomic E-state index is 14.5. The van der Waals surface area contributed by atoms with Crippen LogP contribution < -0.4 is 5.69 Å². The number of hydrogen-bond acceptors (Lipinski definition) is 5. The van der Waals surface area contributed by atoms with Crippen molar-refractivity contribution >= 4 is 32.6 Å². The number of benzene rings is 1. The zero-order valence-electron chi connectivity index (χ0n) is 15.8. The van der Waals surface area contributed by atoms with Gasteiger partial charge in [-0.2, -0.15) is 13.2 Å². The van der Waals surface area contributed by atoms with Crippen LogP contribution in [0.5, 0.6) is 0 Å². The van der Waals surface area contributed by atoms with Crippen molar-refractivity contribution < 1.29 is 31.9 Å². The molecule has 0 spiro atoms. The van der Waals surface area contributed by atoms with E-state index in [0.717, 1.165) is 32.5 Å². The fourth-order valence-electron chi connectivity index (χ4n) is 2.36. The van der Waals surface area contributed by atoms with Crippen molar-refractivity contribution in [3.05, 3.63) is 55.9 Å². The summed E-state index contributed by atoms with van der Waals surface area (Å²) in [6.07, 6.45) is -4.78. The first-order valence-electron chi connectivity index (χ1n) is 8.09. The zero-order valence-corrected chi connectivity index (χ0v) is 17.5. The van der Waals surface area contributed by atoms with E-state index in [0.29, 0.717) is 15.2 Å². The summed E-state index contributed by atoms with van der Waals surface area (Å²) in [6.45, 7) is 1.37. The number of alkyl halides is 3. The molecule has 0 bridgehead atoms. The molecule has 0 N–H and O–H groups in total. The van der Waals surface area contributed by atoms with E-state index < -0.39 is 35.5 Å². The van der Waals surface area contributed by atoms with E-state index in [1.807, 2.05) is 0 Å². The fraction of sp³-hybridized carbons (Fsp3) is 0.294. The summed E-state index contributed by atoms with van der Waals surface area (Å²) in [7, 11) is 5.00. The Morgan fingerprint density at radius 3 is 2.53 bits per heavy atom. The van der Waals surface area contributed by atoms with Gasteiger partial charge in [-0.05, 0) is 25.1 Å². The Hall–Kier alpha value is -2.65. The lowest BCUT2D eigenvalue weighted by molar-refractivity contribution is -0.152. The Balaban J connectivity index is 2.56. The van der Waals surface area contributed by atoms with Crippen LogP contribution in [0.3, 0.4) is 0 Å². The first-order chi connectivity index (χ1) is 13.9. The SMILES string of the molecule is COC(=O)[C@@H](C)O/N=C/c1cc(-n2c(=P)cc(C(F)(F)F)n(C)c2=O)c(F)cc1Cl. The maximum Gasteiger partial charge on any atom is 0.431 e. The highest BCUT2D eigenvalue weighted by molar-refractivity contribution is 7.06. The third-order valence-corrected chi connectivity index (χ3v) is 4.59. The van der Waals surface area contributed by atoms with Gasteiger partial charge in [0.2, 0.25) is 6.10 Å². The molecule has 1 atom stereocenters. The molecular weight excluding hydrogens is 453 g/mol. The molecule has 1 aromatic heterocycles. The highest BCUT2D eigenvalue weighted by Crippen LogP contribution is 2.29. The van der Waals surface area contributed by atoms with Gasteiger partial charge in [-0.15, -0.1) is 0 Å². The Bertz CT molecular complexity index is 1130. The predicted octanol–water partition coefficient (Wildman–Crippen LogP) is 3.57. The third kappa shape index (κ3) is 4.91. The van der Waals surface area contributed by atoms with Gasteiger partial charge >= 0.3 is 17.8 Å². The molecule has 0 amide bonds. The molecular formula is C17H15ClF4N3O4P. The lowest BCUT2D eigenvalue weighted by Gasteiger charge is -2.16. The molecule has 2 rings (SSSR count). The van der Waals surface area contributed by atoms with Gasteiger partial charge in [0.1, 0.15) is 11.5 Å². The molecule has 2 aromatic rings. The van der Waals surface area contributed by atoms with E-state index in [2.05, 4.69) is 18.8 Å². The number of carbonyl (C=O) groups is 1. The van der Waals surface area contributed by atoms with Crippen LogP contribution in [0.15, 0.2) is 28.1 Å². The normalized spacial score (nSPS) is 12.8. The number of halogens is 5. The van der Waals surface area contributed by atoms with Crippen molar-refractivity contribution in [1.82, 2.24) is 9.13 Å². The van der Waals surface area contributed by atoms with Crippen molar-refractivity contribution in [2.45, 2.75) is 19.2 Å². The van der Waals surface area contributed by atoms with Gasteiger partial charge in [0.05, 0.1) is 29.1 Å². The number of aromatic nitrogens is 2. The molecule has 30 heavy (non-hydrogen) atoms. The molecule has 1 aromatic carbocycles. The molecule has 0 unspecified atom stereocenters. The topological polar surface area (TPSA) is 74.8 Å². The molecule has 13 heteroatoms. The van der Waals surface area contributed by atoms with Gasteiger partial charge < -0.3 is 9.57 Å². The number of nitrogens with zero attached hydrogens (tertiary/aromatic N) is 3. The third-order valence-electron chi connectivity index (χ3n) is 3.90. The summed E-state index contributed by atoms with van der Waals surface area (Å²) < 4.78 is 59.2. The summed E-state index contributed by atoms with van der Waals surface area (Å²) in [5.41, 5.74) is -2.70. The molecule has 0 aliphatic carbocycles. The minimum absolute atomic E-state index is 0.0747. The standard InChI is InChI=1S/C17H15ClF4N3O4P/c1-8(15(26)28-3)29-23-7-9-4-12(11(19)5-10(9)18)25-14(30)6-13(17(20,21)22)24(2)16(25)27/h4-8,30H,1-3H3/b23-7+/t8-/m1/s1. The molecule has 0 saturated carbocycles. The van der Waals surface area contributed by atoms with Gasteiger partial charge in [0.15, 0.2) is 0 Å². The van der Waals surface area contributed by atoms with Crippen LogP contribution >= 0.6 is 20.5 Å². The molecule has 0 saturated heterocycles. The molecule has 0 aliphatic rings. The number of rotatable bonds is 5. The Kier molecular flexibility index (Phi) is 7.10. The quantitative estimate of drug-likeness (QED) is 0.221. The predicted molar refractivity (Wildman–Crippen MR) is 103 cm³/mol. The fourth-order valence-corrected chi connectivity index (χ4v) is 2.92. The average molecular weight is 468 g/mol. The first kappa shape index (κ1) is 23.6. The van der Waals surface area contributed by atoms with Crippen molar-refractivity contribution in [1.29, 1.82) is 0 Å². The number of ether oxygens (including phenoxy) is 1. The van der Waals surface area contributed by atoms with E-state index in [9.17, 15) is 27.2 Å². The van der Waals surface area contributed by atoms with Crippen LogP contribution in [0, 0.1) is 10.9 Å². The molecule has 1 heterocycles. The number of esters is 1. The Morgan fingerprint density at radius 2 is 1.97 bits per heavy atom. The summed E-state index contributed by atoms with van der Waals surface area (Å²) in [4.78, 5) is 28.7. The summed E-state index contributed by atoms with van der Waals surface area (Å²) in [5.74, 6) is -1.66. The second-order valence-corrected chi connectivity index (χ2v) is 6.84. The monoisotopic (exact) mass is 467 g/mol. The second kappa shape index (κ2) is 9.01. The van der Waals surface area contributed by atoms with Crippen LogP contribution in [-0.4, -0.2) is 34.5 Å². The number of hydrogen-bond donors (Lipinski definition) is 0. The van der Waals surface area contributed by atoms with E-state index in [1.165, 1.54) is 6.92 Å². The van der Waals surface area contributed by atoms with E-state index >= 15 is 0 Å². The lowest BCUT2D eigenvalue weighted by atomic mass is 10.2. The minimum Gasteiger partial charge on any atom is -0.466 e. The van der Waals surface area contributed by atoms with Gasteiger partial charge in [0, 0.05) is 12.6 Å². The number of oxime groups is 1. The molecule has 0 fully saturated rings. The minimum atomic E-state index is -4.79. The van der Waals surface area contributed by atoms with Gasteiger partial charge in [0.25, 0.3) is 0 Å². The average Bonchev–Trinajstić information content (AvgIpc) is 2.65. The summed E-state index contributed by atoms with van der Waals surface area (Å²) >= 11 is 5.96.